The summed E-state index contributed by atoms with van der Waals surface area (Å²) in [6.45, 7) is 2.16. The Morgan fingerprint density at radius 1 is 1.12 bits per heavy atom. The molecule has 2 heterocycles. The maximum Gasteiger partial charge on any atom is 0.337 e. The number of aryl methyl sites for hydroxylation is 1. The van der Waals surface area contributed by atoms with Gasteiger partial charge < -0.3 is 19.5 Å². The van der Waals surface area contributed by atoms with Crippen molar-refractivity contribution in [2.45, 2.75) is 6.92 Å². The first-order valence-electron chi connectivity index (χ1n) is 7.80. The molecule has 0 radical (unpaired) electrons. The number of nitrogens with zero attached hydrogens (tertiary/aromatic N) is 1. The molecular weight excluding hydrogens is 320 g/mol. The molecule has 3 aromatic rings. The fourth-order valence-corrected chi connectivity index (χ4v) is 2.84. The van der Waals surface area contributed by atoms with Gasteiger partial charge in [-0.15, -0.1) is 0 Å². The fraction of sp³-hybridized carbons (Fsp3) is 0.158. The SMILES string of the molecule is COC(=O)c1ccc2nc(C)cc(Nc3ccc4c(c3)OCO4)c2c1. The number of ether oxygens (including phenoxy) is 3. The number of carbonyl (C=O) groups is 1. The van der Waals surface area contributed by atoms with E-state index < -0.39 is 0 Å². The summed E-state index contributed by atoms with van der Waals surface area (Å²) in [5.41, 5.74) is 3.87. The summed E-state index contributed by atoms with van der Waals surface area (Å²) in [7, 11) is 1.37. The van der Waals surface area contributed by atoms with Crippen LogP contribution in [-0.2, 0) is 4.74 Å². The molecule has 0 spiro atoms. The molecule has 0 saturated heterocycles. The largest absolute Gasteiger partial charge is 0.465 e. The number of pyridine rings is 1. The van der Waals surface area contributed by atoms with E-state index in [1.807, 2.05) is 37.3 Å². The number of benzene rings is 2. The Morgan fingerprint density at radius 3 is 2.80 bits per heavy atom. The summed E-state index contributed by atoms with van der Waals surface area (Å²) in [5.74, 6) is 1.06. The number of esters is 1. The van der Waals surface area contributed by atoms with Crippen molar-refractivity contribution in [3.63, 3.8) is 0 Å². The smallest absolute Gasteiger partial charge is 0.337 e. The molecule has 0 unspecified atom stereocenters. The lowest BCUT2D eigenvalue weighted by molar-refractivity contribution is 0.0601. The van der Waals surface area contributed by atoms with Crippen LogP contribution in [0.25, 0.3) is 10.9 Å². The van der Waals surface area contributed by atoms with Crippen LogP contribution in [0.5, 0.6) is 11.5 Å². The quantitative estimate of drug-likeness (QED) is 0.734. The van der Waals surface area contributed by atoms with E-state index in [2.05, 4.69) is 10.3 Å². The average Bonchev–Trinajstić information content (AvgIpc) is 3.08. The van der Waals surface area contributed by atoms with E-state index >= 15 is 0 Å². The first-order chi connectivity index (χ1) is 12.1. The van der Waals surface area contributed by atoms with Gasteiger partial charge in [-0.05, 0) is 43.3 Å². The first-order valence-corrected chi connectivity index (χ1v) is 7.80. The Balaban J connectivity index is 1.78. The van der Waals surface area contributed by atoms with Gasteiger partial charge in [0.05, 0.1) is 18.2 Å². The van der Waals surface area contributed by atoms with Crippen LogP contribution in [0.15, 0.2) is 42.5 Å². The highest BCUT2D eigenvalue weighted by molar-refractivity contribution is 5.99. The van der Waals surface area contributed by atoms with Gasteiger partial charge in [-0.25, -0.2) is 4.79 Å². The van der Waals surface area contributed by atoms with Crippen LogP contribution in [0.3, 0.4) is 0 Å². The summed E-state index contributed by atoms with van der Waals surface area (Å²) in [4.78, 5) is 16.4. The van der Waals surface area contributed by atoms with E-state index in [4.69, 9.17) is 14.2 Å². The Bertz CT molecular complexity index is 985. The number of nitrogens with one attached hydrogen (secondary N) is 1. The van der Waals surface area contributed by atoms with Crippen LogP contribution in [0.4, 0.5) is 11.4 Å². The Morgan fingerprint density at radius 2 is 1.96 bits per heavy atom. The Labute approximate surface area is 144 Å². The van der Waals surface area contributed by atoms with Gasteiger partial charge in [0.15, 0.2) is 11.5 Å². The zero-order valence-corrected chi connectivity index (χ0v) is 13.8. The van der Waals surface area contributed by atoms with Crippen molar-refractivity contribution in [1.82, 2.24) is 4.98 Å². The van der Waals surface area contributed by atoms with Crippen molar-refractivity contribution in [1.29, 1.82) is 0 Å². The molecule has 6 heteroatoms. The third kappa shape index (κ3) is 2.82. The zero-order valence-electron chi connectivity index (χ0n) is 13.8. The molecule has 1 N–H and O–H groups in total. The van der Waals surface area contributed by atoms with Gasteiger partial charge in [-0.3, -0.25) is 4.98 Å². The number of carbonyl (C=O) groups excluding carboxylic acids is 1. The van der Waals surface area contributed by atoms with E-state index in [1.165, 1.54) is 7.11 Å². The Kier molecular flexibility index (Phi) is 3.65. The first kappa shape index (κ1) is 15.3. The van der Waals surface area contributed by atoms with Crippen molar-refractivity contribution < 1.29 is 19.0 Å². The van der Waals surface area contributed by atoms with Gasteiger partial charge in [0.2, 0.25) is 6.79 Å². The topological polar surface area (TPSA) is 69.7 Å². The van der Waals surface area contributed by atoms with Crippen molar-refractivity contribution >= 4 is 28.2 Å². The minimum absolute atomic E-state index is 0.235. The molecule has 4 rings (SSSR count). The standard InChI is InChI=1S/C19H16N2O4/c1-11-7-16(21-13-4-6-17-18(9-13)25-10-24-17)14-8-12(19(22)23-2)3-5-15(14)20-11/h3-9H,10H2,1-2H3,(H,20,21). The maximum atomic E-state index is 11.8. The fourth-order valence-electron chi connectivity index (χ4n) is 2.84. The average molecular weight is 336 g/mol. The van der Waals surface area contributed by atoms with Gasteiger partial charge in [-0.1, -0.05) is 0 Å². The van der Waals surface area contributed by atoms with Gasteiger partial charge in [0, 0.05) is 28.5 Å². The number of anilines is 2. The second-order valence-electron chi connectivity index (χ2n) is 5.73. The number of hydrogen-bond donors (Lipinski definition) is 1. The second kappa shape index (κ2) is 5.98. The summed E-state index contributed by atoms with van der Waals surface area (Å²) < 4.78 is 15.6. The van der Waals surface area contributed by atoms with Crippen LogP contribution in [-0.4, -0.2) is 24.9 Å². The molecule has 1 aromatic heterocycles. The normalized spacial score (nSPS) is 12.2. The number of aromatic nitrogens is 1. The van der Waals surface area contributed by atoms with Gasteiger partial charge in [-0.2, -0.15) is 0 Å². The van der Waals surface area contributed by atoms with Crippen LogP contribution >= 0.6 is 0 Å². The van der Waals surface area contributed by atoms with E-state index in [0.29, 0.717) is 11.3 Å². The molecule has 25 heavy (non-hydrogen) atoms. The molecule has 126 valence electrons. The van der Waals surface area contributed by atoms with E-state index in [0.717, 1.165) is 33.7 Å². The lowest BCUT2D eigenvalue weighted by Crippen LogP contribution is -2.02. The number of rotatable bonds is 3. The van der Waals surface area contributed by atoms with Crippen LogP contribution in [0, 0.1) is 6.92 Å². The third-order valence-corrected chi connectivity index (χ3v) is 4.01. The minimum atomic E-state index is -0.378. The van der Waals surface area contributed by atoms with Crippen molar-refractivity contribution in [2.75, 3.05) is 19.2 Å². The monoisotopic (exact) mass is 336 g/mol. The summed E-state index contributed by atoms with van der Waals surface area (Å²) in [6.07, 6.45) is 0. The van der Waals surface area contributed by atoms with Crippen molar-refractivity contribution in [3.8, 4) is 11.5 Å². The van der Waals surface area contributed by atoms with Crippen molar-refractivity contribution in [2.24, 2.45) is 0 Å². The van der Waals surface area contributed by atoms with Gasteiger partial charge in [0.1, 0.15) is 0 Å². The third-order valence-electron chi connectivity index (χ3n) is 4.01. The zero-order chi connectivity index (χ0) is 17.4. The molecule has 0 aliphatic carbocycles. The summed E-state index contributed by atoms with van der Waals surface area (Å²) in [6, 6.07) is 12.9. The summed E-state index contributed by atoms with van der Waals surface area (Å²) in [5, 5.41) is 4.21. The molecule has 1 aliphatic rings. The van der Waals surface area contributed by atoms with E-state index in [1.54, 1.807) is 12.1 Å². The molecule has 6 nitrogen and oxygen atoms in total. The van der Waals surface area contributed by atoms with Crippen molar-refractivity contribution in [3.05, 3.63) is 53.7 Å². The van der Waals surface area contributed by atoms with E-state index in [-0.39, 0.29) is 12.8 Å². The molecule has 0 saturated carbocycles. The molecule has 1 aliphatic heterocycles. The highest BCUT2D eigenvalue weighted by Gasteiger charge is 2.14. The minimum Gasteiger partial charge on any atom is -0.465 e. The lowest BCUT2D eigenvalue weighted by atomic mass is 10.1. The lowest BCUT2D eigenvalue weighted by Gasteiger charge is -2.12. The number of fused-ring (bicyclic) bond motifs is 2. The predicted octanol–water partition coefficient (Wildman–Crippen LogP) is 3.80. The van der Waals surface area contributed by atoms with Gasteiger partial charge >= 0.3 is 5.97 Å². The maximum absolute atomic E-state index is 11.8. The highest BCUT2D eigenvalue weighted by atomic mass is 16.7. The predicted molar refractivity (Wildman–Crippen MR) is 93.7 cm³/mol. The van der Waals surface area contributed by atoms with Crippen LogP contribution in [0.1, 0.15) is 16.1 Å². The number of hydrogen-bond acceptors (Lipinski definition) is 6. The second-order valence-corrected chi connectivity index (χ2v) is 5.73. The molecule has 0 bridgehead atoms. The van der Waals surface area contributed by atoms with E-state index in [9.17, 15) is 4.79 Å². The number of methoxy groups -OCH3 is 1. The van der Waals surface area contributed by atoms with Gasteiger partial charge in [0.25, 0.3) is 0 Å². The molecule has 2 aromatic carbocycles. The molecular formula is C19H16N2O4. The molecule has 0 fully saturated rings. The van der Waals surface area contributed by atoms with Crippen LogP contribution < -0.4 is 14.8 Å². The summed E-state index contributed by atoms with van der Waals surface area (Å²) >= 11 is 0. The highest BCUT2D eigenvalue weighted by Crippen LogP contribution is 2.36. The molecule has 0 atom stereocenters. The van der Waals surface area contributed by atoms with Crippen LogP contribution in [0.2, 0.25) is 0 Å². The molecule has 0 amide bonds. The Hall–Kier alpha value is -3.28.